The van der Waals surface area contributed by atoms with Crippen molar-refractivity contribution in [3.8, 4) is 0 Å². The Morgan fingerprint density at radius 2 is 2.06 bits per heavy atom. The van der Waals surface area contributed by atoms with E-state index >= 15 is 0 Å². The number of nitrogens with one attached hydrogen (secondary N) is 1. The number of hydrogen-bond acceptors (Lipinski definition) is 3. The van der Waals surface area contributed by atoms with Gasteiger partial charge in [-0.3, -0.25) is 0 Å². The van der Waals surface area contributed by atoms with Crippen LogP contribution in [0.4, 0.5) is 0 Å². The maximum absolute atomic E-state index is 11.5. The first-order valence-electron chi connectivity index (χ1n) is 6.92. The summed E-state index contributed by atoms with van der Waals surface area (Å²) in [4.78, 5) is 0. The van der Waals surface area contributed by atoms with Gasteiger partial charge in [0.25, 0.3) is 0 Å². The predicted molar refractivity (Wildman–Crippen MR) is 72.9 cm³/mol. The SMILES string of the molecule is CCCC(C)CC(NCC)C1CCS(=O)(=O)C1. The van der Waals surface area contributed by atoms with Crippen LogP contribution in [0.1, 0.15) is 46.5 Å². The first-order chi connectivity index (χ1) is 7.98. The van der Waals surface area contributed by atoms with Crippen molar-refractivity contribution in [3.05, 3.63) is 0 Å². The predicted octanol–water partition coefficient (Wildman–Crippen LogP) is 2.23. The largest absolute Gasteiger partial charge is 0.314 e. The molecule has 0 amide bonds. The highest BCUT2D eigenvalue weighted by atomic mass is 32.2. The maximum Gasteiger partial charge on any atom is 0.150 e. The zero-order valence-corrected chi connectivity index (χ0v) is 12.2. The summed E-state index contributed by atoms with van der Waals surface area (Å²) >= 11 is 0. The van der Waals surface area contributed by atoms with Crippen molar-refractivity contribution in [3.63, 3.8) is 0 Å². The zero-order valence-electron chi connectivity index (χ0n) is 11.4. The van der Waals surface area contributed by atoms with Crippen molar-refractivity contribution in [2.75, 3.05) is 18.1 Å². The number of sulfone groups is 1. The molecule has 1 heterocycles. The standard InChI is InChI=1S/C13H27NO2S/c1-4-6-11(3)9-13(14-5-2)12-7-8-17(15,16)10-12/h11-14H,4-10H2,1-3H3. The second-order valence-electron chi connectivity index (χ2n) is 5.46. The van der Waals surface area contributed by atoms with Gasteiger partial charge in [0.05, 0.1) is 11.5 Å². The summed E-state index contributed by atoms with van der Waals surface area (Å²) in [5.41, 5.74) is 0. The molecule has 0 spiro atoms. The second-order valence-corrected chi connectivity index (χ2v) is 7.69. The van der Waals surface area contributed by atoms with Crippen LogP contribution in [0.25, 0.3) is 0 Å². The molecule has 1 fully saturated rings. The lowest BCUT2D eigenvalue weighted by Gasteiger charge is -2.26. The van der Waals surface area contributed by atoms with Crippen molar-refractivity contribution in [2.45, 2.75) is 52.5 Å². The Morgan fingerprint density at radius 1 is 1.35 bits per heavy atom. The second kappa shape index (κ2) is 6.74. The Morgan fingerprint density at radius 3 is 2.53 bits per heavy atom. The van der Waals surface area contributed by atoms with E-state index < -0.39 is 9.84 Å². The lowest BCUT2D eigenvalue weighted by Crippen LogP contribution is -2.38. The fourth-order valence-electron chi connectivity index (χ4n) is 2.89. The molecule has 0 aromatic carbocycles. The lowest BCUT2D eigenvalue weighted by atomic mass is 9.89. The van der Waals surface area contributed by atoms with E-state index in [-0.39, 0.29) is 0 Å². The molecule has 3 nitrogen and oxygen atoms in total. The molecule has 1 aliphatic rings. The average molecular weight is 261 g/mol. The van der Waals surface area contributed by atoms with Crippen LogP contribution in [-0.4, -0.2) is 32.5 Å². The highest BCUT2D eigenvalue weighted by Gasteiger charge is 2.33. The normalized spacial score (nSPS) is 26.9. The van der Waals surface area contributed by atoms with Gasteiger partial charge in [-0.15, -0.1) is 0 Å². The molecule has 1 aliphatic heterocycles. The van der Waals surface area contributed by atoms with Gasteiger partial charge in [-0.05, 0) is 31.2 Å². The quantitative estimate of drug-likeness (QED) is 0.764. The van der Waals surface area contributed by atoms with E-state index in [1.54, 1.807) is 0 Å². The van der Waals surface area contributed by atoms with Crippen LogP contribution in [0.5, 0.6) is 0 Å². The van der Waals surface area contributed by atoms with Crippen LogP contribution in [0.15, 0.2) is 0 Å². The van der Waals surface area contributed by atoms with Crippen molar-refractivity contribution in [1.29, 1.82) is 0 Å². The Hall–Kier alpha value is -0.0900. The molecule has 4 heteroatoms. The molecule has 0 aromatic rings. The van der Waals surface area contributed by atoms with E-state index in [4.69, 9.17) is 0 Å². The zero-order chi connectivity index (χ0) is 12.9. The maximum atomic E-state index is 11.5. The molecule has 0 aromatic heterocycles. The Bertz CT molecular complexity index is 313. The third kappa shape index (κ3) is 4.96. The Kier molecular flexibility index (Phi) is 5.93. The summed E-state index contributed by atoms with van der Waals surface area (Å²) in [6.45, 7) is 7.51. The van der Waals surface area contributed by atoms with E-state index in [1.165, 1.54) is 12.8 Å². The molecule has 3 unspecified atom stereocenters. The van der Waals surface area contributed by atoms with E-state index in [1.807, 2.05) is 0 Å². The molecule has 1 N–H and O–H groups in total. The number of rotatable bonds is 7. The van der Waals surface area contributed by atoms with Gasteiger partial charge in [0, 0.05) is 6.04 Å². The molecule has 3 atom stereocenters. The van der Waals surface area contributed by atoms with Gasteiger partial charge in [-0.1, -0.05) is 33.6 Å². The first-order valence-corrected chi connectivity index (χ1v) is 8.74. The van der Waals surface area contributed by atoms with Crippen molar-refractivity contribution >= 4 is 9.84 Å². The Labute approximate surface area is 106 Å². The number of hydrogen-bond donors (Lipinski definition) is 1. The molecular weight excluding hydrogens is 234 g/mol. The van der Waals surface area contributed by atoms with Gasteiger partial charge in [0.1, 0.15) is 0 Å². The molecule has 0 bridgehead atoms. The molecule has 1 rings (SSSR count). The van der Waals surface area contributed by atoms with Gasteiger partial charge >= 0.3 is 0 Å². The summed E-state index contributed by atoms with van der Waals surface area (Å²) in [5, 5.41) is 3.49. The summed E-state index contributed by atoms with van der Waals surface area (Å²) < 4.78 is 23.1. The molecule has 0 saturated carbocycles. The van der Waals surface area contributed by atoms with Gasteiger partial charge < -0.3 is 5.32 Å². The van der Waals surface area contributed by atoms with Crippen molar-refractivity contribution in [1.82, 2.24) is 5.32 Å². The highest BCUT2D eigenvalue weighted by molar-refractivity contribution is 7.91. The lowest BCUT2D eigenvalue weighted by molar-refractivity contribution is 0.312. The summed E-state index contributed by atoms with van der Waals surface area (Å²) in [7, 11) is -2.75. The van der Waals surface area contributed by atoms with Gasteiger partial charge in [-0.25, -0.2) is 8.42 Å². The fourth-order valence-corrected chi connectivity index (χ4v) is 4.77. The highest BCUT2D eigenvalue weighted by Crippen LogP contribution is 2.26. The van der Waals surface area contributed by atoms with Crippen LogP contribution in [0.3, 0.4) is 0 Å². The minimum Gasteiger partial charge on any atom is -0.314 e. The summed E-state index contributed by atoms with van der Waals surface area (Å²) in [6, 6.07) is 0.388. The van der Waals surface area contributed by atoms with Gasteiger partial charge in [0.2, 0.25) is 0 Å². The van der Waals surface area contributed by atoms with Crippen molar-refractivity contribution < 1.29 is 8.42 Å². The molecule has 0 aliphatic carbocycles. The molecule has 1 saturated heterocycles. The minimum atomic E-state index is -2.75. The van der Waals surface area contributed by atoms with E-state index in [2.05, 4.69) is 26.1 Å². The Balaban J connectivity index is 2.54. The van der Waals surface area contributed by atoms with Gasteiger partial charge in [0.15, 0.2) is 9.84 Å². The van der Waals surface area contributed by atoms with E-state index in [0.29, 0.717) is 29.4 Å². The van der Waals surface area contributed by atoms with Crippen LogP contribution in [-0.2, 0) is 9.84 Å². The average Bonchev–Trinajstić information content (AvgIpc) is 2.58. The fraction of sp³-hybridized carbons (Fsp3) is 1.00. The summed E-state index contributed by atoms with van der Waals surface area (Å²) in [6.07, 6.45) is 4.41. The monoisotopic (exact) mass is 261 g/mol. The van der Waals surface area contributed by atoms with Crippen molar-refractivity contribution in [2.24, 2.45) is 11.8 Å². The van der Waals surface area contributed by atoms with Crippen LogP contribution >= 0.6 is 0 Å². The van der Waals surface area contributed by atoms with E-state index in [0.717, 1.165) is 19.4 Å². The minimum absolute atomic E-state index is 0.333. The molecule has 0 radical (unpaired) electrons. The molecule has 102 valence electrons. The van der Waals surface area contributed by atoms with Crippen LogP contribution in [0.2, 0.25) is 0 Å². The molecular formula is C13H27NO2S. The van der Waals surface area contributed by atoms with Crippen LogP contribution in [0, 0.1) is 11.8 Å². The smallest absolute Gasteiger partial charge is 0.150 e. The van der Waals surface area contributed by atoms with Gasteiger partial charge in [-0.2, -0.15) is 0 Å². The molecule has 17 heavy (non-hydrogen) atoms. The summed E-state index contributed by atoms with van der Waals surface area (Å²) in [5.74, 6) is 1.80. The first kappa shape index (κ1) is 15.0. The van der Waals surface area contributed by atoms with Crippen LogP contribution < -0.4 is 5.32 Å². The third-order valence-corrected chi connectivity index (χ3v) is 5.53. The third-order valence-electron chi connectivity index (χ3n) is 3.74. The topological polar surface area (TPSA) is 46.2 Å². The van der Waals surface area contributed by atoms with E-state index in [9.17, 15) is 8.42 Å².